The number of hydrogen-bond donors (Lipinski definition) is 0. The highest BCUT2D eigenvalue weighted by Gasteiger charge is 2.43. The normalized spacial score (nSPS) is 16.8. The van der Waals surface area contributed by atoms with Crippen LogP contribution in [0.5, 0.6) is 5.75 Å². The van der Waals surface area contributed by atoms with Gasteiger partial charge in [0.25, 0.3) is 0 Å². The lowest BCUT2D eigenvalue weighted by Gasteiger charge is -2.42. The minimum Gasteiger partial charge on any atom is -0.489 e. The maximum Gasteiger partial charge on any atom is 0.416 e. The Morgan fingerprint density at radius 1 is 1.07 bits per heavy atom. The van der Waals surface area contributed by atoms with E-state index in [1.165, 1.54) is 22.0 Å². The SMILES string of the molecule is CCOC(=O)N1c2c(c(C)nn2C)C(N(Cc2cc(C(F)(F)F)cc(C(F)(F)F)c2)c2ncc(OCCSC)cn2)CC1CC. The third-order valence-electron chi connectivity index (χ3n) is 7.40. The summed E-state index contributed by atoms with van der Waals surface area (Å²) in [5.74, 6) is 1.53. The minimum absolute atomic E-state index is 0.0526. The van der Waals surface area contributed by atoms with Crippen molar-refractivity contribution in [3.63, 3.8) is 0 Å². The lowest BCUT2D eigenvalue weighted by atomic mass is 9.90. The maximum absolute atomic E-state index is 13.8. The molecule has 0 radical (unpaired) electrons. The molecule has 0 saturated heterocycles. The molecular weight excluding hydrogens is 626 g/mol. The van der Waals surface area contributed by atoms with Gasteiger partial charge in [-0.15, -0.1) is 0 Å². The van der Waals surface area contributed by atoms with Crippen LogP contribution < -0.4 is 14.5 Å². The number of carbonyl (C=O) groups excluding carboxylic acids is 1. The lowest BCUT2D eigenvalue weighted by Crippen LogP contribution is -2.48. The zero-order valence-electron chi connectivity index (χ0n) is 25.4. The number of anilines is 2. The van der Waals surface area contributed by atoms with Gasteiger partial charge in [0.15, 0.2) is 5.75 Å². The number of amides is 1. The molecule has 4 rings (SSSR count). The van der Waals surface area contributed by atoms with Crippen molar-refractivity contribution in [2.45, 2.75) is 64.6 Å². The Hall–Kier alpha value is -3.69. The molecule has 45 heavy (non-hydrogen) atoms. The van der Waals surface area contributed by atoms with E-state index in [0.29, 0.717) is 53.7 Å². The van der Waals surface area contributed by atoms with Gasteiger partial charge < -0.3 is 14.4 Å². The molecule has 0 saturated carbocycles. The highest BCUT2D eigenvalue weighted by Crippen LogP contribution is 2.45. The first-order valence-electron chi connectivity index (χ1n) is 14.2. The van der Waals surface area contributed by atoms with Crippen molar-refractivity contribution in [2.24, 2.45) is 7.05 Å². The number of carbonyl (C=O) groups is 1. The summed E-state index contributed by atoms with van der Waals surface area (Å²) in [5, 5.41) is 4.52. The number of benzene rings is 1. The second kappa shape index (κ2) is 13.7. The van der Waals surface area contributed by atoms with Gasteiger partial charge in [0.2, 0.25) is 5.95 Å². The van der Waals surface area contributed by atoms with Crippen LogP contribution in [0.4, 0.5) is 42.9 Å². The van der Waals surface area contributed by atoms with Crippen LogP contribution in [0, 0.1) is 6.92 Å². The van der Waals surface area contributed by atoms with E-state index in [2.05, 4.69) is 15.1 Å². The summed E-state index contributed by atoms with van der Waals surface area (Å²) in [5.41, 5.74) is -2.02. The Bertz CT molecular complexity index is 1450. The molecule has 0 aliphatic carbocycles. The topological polar surface area (TPSA) is 85.6 Å². The van der Waals surface area contributed by atoms with Crippen molar-refractivity contribution in [3.8, 4) is 5.75 Å². The van der Waals surface area contributed by atoms with Crippen molar-refractivity contribution in [2.75, 3.05) is 35.0 Å². The summed E-state index contributed by atoms with van der Waals surface area (Å²) in [6.07, 6.45) is -5.17. The lowest BCUT2D eigenvalue weighted by molar-refractivity contribution is -0.143. The van der Waals surface area contributed by atoms with Gasteiger partial charge in [-0.3, -0.25) is 9.58 Å². The summed E-state index contributed by atoms with van der Waals surface area (Å²) in [4.78, 5) is 25.0. The van der Waals surface area contributed by atoms with E-state index >= 15 is 0 Å². The van der Waals surface area contributed by atoms with Crippen molar-refractivity contribution >= 4 is 29.6 Å². The molecule has 1 aliphatic heterocycles. The Morgan fingerprint density at radius 2 is 1.69 bits per heavy atom. The maximum atomic E-state index is 13.8. The van der Waals surface area contributed by atoms with E-state index in [9.17, 15) is 31.1 Å². The van der Waals surface area contributed by atoms with Gasteiger partial charge in [-0.25, -0.2) is 14.8 Å². The number of aromatic nitrogens is 4. The molecule has 16 heteroatoms. The summed E-state index contributed by atoms with van der Waals surface area (Å²) in [6, 6.07) is 0.366. The molecule has 1 aromatic carbocycles. The van der Waals surface area contributed by atoms with E-state index < -0.39 is 48.2 Å². The van der Waals surface area contributed by atoms with E-state index in [4.69, 9.17) is 9.47 Å². The van der Waals surface area contributed by atoms with Crippen molar-refractivity contribution in [1.82, 2.24) is 19.7 Å². The second-order valence-corrected chi connectivity index (χ2v) is 11.4. The fourth-order valence-corrected chi connectivity index (χ4v) is 5.71. The van der Waals surface area contributed by atoms with Crippen LogP contribution in [0.15, 0.2) is 30.6 Å². The number of hydrogen-bond acceptors (Lipinski definition) is 8. The van der Waals surface area contributed by atoms with Crippen molar-refractivity contribution in [3.05, 3.63) is 58.5 Å². The second-order valence-electron chi connectivity index (χ2n) is 10.4. The molecule has 1 aliphatic rings. The van der Waals surface area contributed by atoms with Crippen LogP contribution in [-0.4, -0.2) is 57.1 Å². The Balaban J connectivity index is 1.88. The average Bonchev–Trinajstić information content (AvgIpc) is 3.28. The van der Waals surface area contributed by atoms with Gasteiger partial charge in [0, 0.05) is 31.0 Å². The van der Waals surface area contributed by atoms with Crippen LogP contribution in [0.1, 0.15) is 60.7 Å². The monoisotopic (exact) mass is 660 g/mol. The third kappa shape index (κ3) is 7.59. The van der Waals surface area contributed by atoms with E-state index in [-0.39, 0.29) is 30.6 Å². The Kier molecular flexibility index (Phi) is 10.4. The molecule has 3 heterocycles. The average molecular weight is 661 g/mol. The highest BCUT2D eigenvalue weighted by atomic mass is 32.2. The van der Waals surface area contributed by atoms with Gasteiger partial charge >= 0.3 is 18.4 Å². The quantitative estimate of drug-likeness (QED) is 0.167. The standard InChI is InChI=1S/C29H34F6N6O3S/c1-6-21-13-23(24-17(3)38-39(4)25(24)41(21)27(42)43-7-2)40(26-36-14-22(15-37-26)44-8-9-45-5)16-18-10-19(28(30,31)32)12-20(11-18)29(33,34)35/h10-12,14-15,21,23H,6-9,13,16H2,1-5H3. The fraction of sp³-hybridized carbons (Fsp3) is 0.517. The first kappa shape index (κ1) is 34.2. The molecule has 9 nitrogen and oxygen atoms in total. The number of ether oxygens (including phenoxy) is 2. The molecule has 0 spiro atoms. The molecular formula is C29H34F6N6O3S. The van der Waals surface area contributed by atoms with Gasteiger partial charge in [0.05, 0.1) is 48.5 Å². The molecule has 0 fully saturated rings. The molecule has 0 bridgehead atoms. The van der Waals surface area contributed by atoms with Gasteiger partial charge in [0.1, 0.15) is 5.82 Å². The highest BCUT2D eigenvalue weighted by molar-refractivity contribution is 7.98. The van der Waals surface area contributed by atoms with Crippen molar-refractivity contribution < 1.29 is 40.6 Å². The molecule has 2 aromatic heterocycles. The van der Waals surface area contributed by atoms with Crippen LogP contribution in [0.2, 0.25) is 0 Å². The molecule has 0 N–H and O–H groups in total. The number of halogens is 6. The van der Waals surface area contributed by atoms with Crippen LogP contribution in [0.25, 0.3) is 0 Å². The largest absolute Gasteiger partial charge is 0.489 e. The Labute approximate surface area is 260 Å². The summed E-state index contributed by atoms with van der Waals surface area (Å²) in [7, 11) is 1.65. The zero-order chi connectivity index (χ0) is 33.1. The number of alkyl halides is 6. The van der Waals surface area contributed by atoms with Crippen molar-refractivity contribution in [1.29, 1.82) is 0 Å². The molecule has 2 unspecified atom stereocenters. The number of aryl methyl sites for hydroxylation is 2. The predicted molar refractivity (Wildman–Crippen MR) is 157 cm³/mol. The smallest absolute Gasteiger partial charge is 0.416 e. The van der Waals surface area contributed by atoms with E-state index in [1.54, 1.807) is 37.6 Å². The number of rotatable bonds is 10. The summed E-state index contributed by atoms with van der Waals surface area (Å²) in [6.45, 7) is 5.37. The summed E-state index contributed by atoms with van der Waals surface area (Å²) < 4.78 is 95.1. The molecule has 1 amide bonds. The predicted octanol–water partition coefficient (Wildman–Crippen LogP) is 7.19. The fourth-order valence-electron chi connectivity index (χ4n) is 5.46. The zero-order valence-corrected chi connectivity index (χ0v) is 26.2. The molecule has 3 aromatic rings. The number of nitrogens with zero attached hydrogens (tertiary/aromatic N) is 6. The van der Waals surface area contributed by atoms with Gasteiger partial charge in [-0.05, 0) is 56.7 Å². The van der Waals surface area contributed by atoms with Gasteiger partial charge in [-0.1, -0.05) is 6.92 Å². The van der Waals surface area contributed by atoms with Crippen LogP contribution in [0.3, 0.4) is 0 Å². The Morgan fingerprint density at radius 3 is 2.22 bits per heavy atom. The van der Waals surface area contributed by atoms with Crippen LogP contribution >= 0.6 is 11.8 Å². The molecule has 246 valence electrons. The van der Waals surface area contributed by atoms with E-state index in [0.717, 1.165) is 0 Å². The first-order valence-corrected chi connectivity index (χ1v) is 15.6. The number of thioether (sulfide) groups is 1. The minimum atomic E-state index is -5.02. The molecule has 2 atom stereocenters. The summed E-state index contributed by atoms with van der Waals surface area (Å²) >= 11 is 1.58. The third-order valence-corrected chi connectivity index (χ3v) is 7.97. The first-order chi connectivity index (χ1) is 21.2. The van der Waals surface area contributed by atoms with Crippen LogP contribution in [-0.2, 0) is 30.7 Å². The van der Waals surface area contributed by atoms with E-state index in [1.807, 2.05) is 13.2 Å². The number of fused-ring (bicyclic) bond motifs is 1. The van der Waals surface area contributed by atoms with Gasteiger partial charge in [-0.2, -0.15) is 43.2 Å².